The Hall–Kier alpha value is -3.33. The van der Waals surface area contributed by atoms with Crippen LogP contribution in [0.1, 0.15) is 373 Å². The molecule has 9 nitrogen and oxygen atoms in total. The van der Waals surface area contributed by atoms with Crippen LogP contribution in [-0.2, 0) is 32.7 Å². The molecule has 96 heavy (non-hydrogen) atoms. The second kappa shape index (κ2) is 75.9. The highest BCUT2D eigenvalue weighted by molar-refractivity contribution is 7.47. The fourth-order valence-corrected chi connectivity index (χ4v) is 12.4. The molecule has 0 radical (unpaired) electrons. The van der Waals surface area contributed by atoms with Crippen molar-refractivity contribution in [2.75, 3.05) is 47.5 Å². The van der Waals surface area contributed by atoms with Crippen molar-refractivity contribution in [3.63, 3.8) is 0 Å². The predicted octanol–water partition coefficient (Wildman–Crippen LogP) is 27.2. The highest BCUT2D eigenvalue weighted by Gasteiger charge is 2.27. The maximum atomic E-state index is 12.9. The van der Waals surface area contributed by atoms with E-state index in [1.807, 2.05) is 21.1 Å². The molecule has 0 saturated heterocycles. The average Bonchev–Trinajstić information content (AvgIpc) is 2.74. The second-order valence-electron chi connectivity index (χ2n) is 28.4. The van der Waals surface area contributed by atoms with Crippen LogP contribution in [0.3, 0.4) is 0 Å². The quantitative estimate of drug-likeness (QED) is 0.0211. The van der Waals surface area contributed by atoms with Gasteiger partial charge in [-0.3, -0.25) is 18.6 Å². The Morgan fingerprint density at radius 1 is 0.323 bits per heavy atom. The summed E-state index contributed by atoms with van der Waals surface area (Å²) >= 11 is 0. The van der Waals surface area contributed by atoms with E-state index in [2.05, 4.69) is 123 Å². The van der Waals surface area contributed by atoms with E-state index in [0.29, 0.717) is 23.9 Å². The maximum Gasteiger partial charge on any atom is 0.472 e. The number of nitrogens with zero attached hydrogens (tertiary/aromatic N) is 1. The highest BCUT2D eigenvalue weighted by Crippen LogP contribution is 2.43. The lowest BCUT2D eigenvalue weighted by molar-refractivity contribution is -0.870. The van der Waals surface area contributed by atoms with Crippen LogP contribution in [-0.4, -0.2) is 74.9 Å². The molecule has 0 aliphatic heterocycles. The van der Waals surface area contributed by atoms with Gasteiger partial charge in [0.05, 0.1) is 27.7 Å². The Balaban J connectivity index is 3.92. The normalized spacial score (nSPS) is 13.6. The summed E-state index contributed by atoms with van der Waals surface area (Å²) in [5.41, 5.74) is 0. The lowest BCUT2D eigenvalue weighted by Gasteiger charge is -2.24. The Morgan fingerprint density at radius 2 is 0.562 bits per heavy atom. The third-order valence-electron chi connectivity index (χ3n) is 17.8. The van der Waals surface area contributed by atoms with Gasteiger partial charge in [-0.05, 0) is 96.3 Å². The monoisotopic (exact) mass is 1360 g/mol. The number of allylic oxidation sites excluding steroid dienone is 18. The largest absolute Gasteiger partial charge is 0.472 e. The molecule has 556 valence electrons. The Labute approximate surface area is 595 Å². The van der Waals surface area contributed by atoms with E-state index >= 15 is 0 Å². The fourth-order valence-electron chi connectivity index (χ4n) is 11.7. The fraction of sp³-hybridized carbons (Fsp3) is 0.767. The summed E-state index contributed by atoms with van der Waals surface area (Å²) in [6, 6.07) is 0. The van der Waals surface area contributed by atoms with Crippen LogP contribution in [0.5, 0.6) is 0 Å². The van der Waals surface area contributed by atoms with Gasteiger partial charge in [-0.2, -0.15) is 0 Å². The maximum absolute atomic E-state index is 12.9. The van der Waals surface area contributed by atoms with Crippen molar-refractivity contribution in [2.45, 2.75) is 380 Å². The SMILES string of the molecule is CC/C=C\C/C=C\C/C=C\C/C=C\C/C=C\CCCCCCCCCCCCCCCCCCCCCC(=O)OC(COC(=O)CCCCCCCCCCCCCCCCCCCCCCCCCC/C=C\C/C=C\C/C=C\C/C=C\CC)COP(=O)(O)OCC[N+](C)(C)C. The minimum absolute atomic E-state index is 0.0316. The van der Waals surface area contributed by atoms with Gasteiger partial charge in [0.25, 0.3) is 0 Å². The van der Waals surface area contributed by atoms with Crippen LogP contribution in [0.4, 0.5) is 0 Å². The van der Waals surface area contributed by atoms with E-state index in [4.69, 9.17) is 18.5 Å². The van der Waals surface area contributed by atoms with Gasteiger partial charge >= 0.3 is 19.8 Å². The zero-order valence-corrected chi connectivity index (χ0v) is 64.5. The van der Waals surface area contributed by atoms with Crippen molar-refractivity contribution < 1.29 is 42.1 Å². The number of phosphoric acid groups is 1. The van der Waals surface area contributed by atoms with Crippen molar-refractivity contribution in [2.24, 2.45) is 0 Å². The molecular formula is C86H155NO8P+. The number of quaternary nitrogens is 1. The molecule has 0 saturated carbocycles. The second-order valence-corrected chi connectivity index (χ2v) is 29.8. The molecule has 0 bridgehead atoms. The number of ether oxygens (including phenoxy) is 2. The van der Waals surface area contributed by atoms with Crippen LogP contribution in [0.15, 0.2) is 109 Å². The number of carbonyl (C=O) groups excluding carboxylic acids is 2. The van der Waals surface area contributed by atoms with Gasteiger partial charge < -0.3 is 18.9 Å². The van der Waals surface area contributed by atoms with E-state index in [0.717, 1.165) is 89.9 Å². The summed E-state index contributed by atoms with van der Waals surface area (Å²) in [7, 11) is 1.49. The number of hydrogen-bond donors (Lipinski definition) is 1. The minimum Gasteiger partial charge on any atom is -0.462 e. The molecule has 1 N–H and O–H groups in total. The van der Waals surface area contributed by atoms with Crippen LogP contribution in [0.2, 0.25) is 0 Å². The molecule has 10 heteroatoms. The molecule has 0 aromatic rings. The highest BCUT2D eigenvalue weighted by atomic mass is 31.2. The molecular weight excluding hydrogens is 1210 g/mol. The summed E-state index contributed by atoms with van der Waals surface area (Å²) in [5, 5.41) is 0. The molecule has 0 fully saturated rings. The Bertz CT molecular complexity index is 1990. The minimum atomic E-state index is -4.40. The number of hydrogen-bond acceptors (Lipinski definition) is 7. The number of likely N-dealkylation sites (N-methyl/N-ethyl adjacent to an activating group) is 1. The van der Waals surface area contributed by atoms with Crippen LogP contribution in [0.25, 0.3) is 0 Å². The Kier molecular flexibility index (Phi) is 73.2. The molecule has 0 aromatic heterocycles. The van der Waals surface area contributed by atoms with Gasteiger partial charge in [-0.15, -0.1) is 0 Å². The number of phosphoric ester groups is 1. The molecule has 2 atom stereocenters. The first-order valence-corrected chi connectivity index (χ1v) is 42.1. The summed E-state index contributed by atoms with van der Waals surface area (Å²) in [4.78, 5) is 36.0. The lowest BCUT2D eigenvalue weighted by Crippen LogP contribution is -2.37. The molecule has 0 aliphatic carbocycles. The molecule has 0 spiro atoms. The van der Waals surface area contributed by atoms with E-state index in [-0.39, 0.29) is 25.6 Å². The zero-order valence-electron chi connectivity index (χ0n) is 63.6. The van der Waals surface area contributed by atoms with Crippen LogP contribution < -0.4 is 0 Å². The summed E-state index contributed by atoms with van der Waals surface area (Å²) in [6.07, 6.45) is 108. The topological polar surface area (TPSA) is 108 Å². The molecule has 0 aliphatic rings. The zero-order chi connectivity index (χ0) is 69.7. The summed E-state index contributed by atoms with van der Waals surface area (Å²) in [6.45, 7) is 4.26. The molecule has 2 unspecified atom stereocenters. The van der Waals surface area contributed by atoms with E-state index in [1.165, 1.54) is 250 Å². The van der Waals surface area contributed by atoms with Gasteiger partial charge in [-0.25, -0.2) is 4.57 Å². The number of rotatable bonds is 75. The van der Waals surface area contributed by atoms with Crippen molar-refractivity contribution in [1.29, 1.82) is 0 Å². The Morgan fingerprint density at radius 3 is 0.833 bits per heavy atom. The van der Waals surface area contributed by atoms with Crippen molar-refractivity contribution in [3.8, 4) is 0 Å². The van der Waals surface area contributed by atoms with Crippen LogP contribution in [0, 0.1) is 0 Å². The van der Waals surface area contributed by atoms with E-state index < -0.39 is 26.5 Å². The number of carbonyl (C=O) groups is 2. The standard InChI is InChI=1S/C86H154NO8P/c1-6-8-10-12-14-16-18-20-22-24-26-28-30-32-34-36-38-40-42-43-45-46-48-50-52-54-56-58-60-62-64-66-68-70-72-74-76-78-85(88)92-82-84(83-94-96(90,91)93-81-80-87(3,4)5)95-86(89)79-77-75-73-71-69-67-65-63-61-59-57-55-53-51-49-47-44-41-39-37-35-33-31-29-27-25-23-21-19-17-15-13-11-9-7-2/h8-11,14-17,20-23,26-29,33,35,84H,6-7,12-13,18-19,24-25,30-32,34,36-83H2,1-5H3/p+1/b10-8-,11-9-,16-14-,17-15-,22-20-,23-21-,28-26-,29-27-,35-33-. The van der Waals surface area contributed by atoms with Gasteiger partial charge in [0.2, 0.25) is 0 Å². The summed E-state index contributed by atoms with van der Waals surface area (Å²) < 4.78 is 34.9. The smallest absolute Gasteiger partial charge is 0.462 e. The average molecular weight is 1360 g/mol. The third kappa shape index (κ3) is 79.7. The lowest BCUT2D eigenvalue weighted by atomic mass is 10.0. The van der Waals surface area contributed by atoms with Crippen LogP contribution >= 0.6 is 7.82 Å². The number of unbranched alkanes of at least 4 members (excludes halogenated alkanes) is 43. The van der Waals surface area contributed by atoms with Gasteiger partial charge in [0, 0.05) is 12.8 Å². The van der Waals surface area contributed by atoms with E-state index in [1.54, 1.807) is 0 Å². The first-order valence-electron chi connectivity index (χ1n) is 40.6. The molecule has 0 heterocycles. The van der Waals surface area contributed by atoms with Crippen molar-refractivity contribution in [3.05, 3.63) is 109 Å². The van der Waals surface area contributed by atoms with Crippen molar-refractivity contribution in [1.82, 2.24) is 0 Å². The van der Waals surface area contributed by atoms with Gasteiger partial charge in [-0.1, -0.05) is 374 Å². The first-order chi connectivity index (χ1) is 47.0. The predicted molar refractivity (Wildman–Crippen MR) is 418 cm³/mol. The van der Waals surface area contributed by atoms with Gasteiger partial charge in [0.1, 0.15) is 19.8 Å². The van der Waals surface area contributed by atoms with E-state index in [9.17, 15) is 19.0 Å². The van der Waals surface area contributed by atoms with Gasteiger partial charge in [0.15, 0.2) is 6.10 Å². The molecule has 0 amide bonds. The van der Waals surface area contributed by atoms with Crippen molar-refractivity contribution >= 4 is 19.8 Å². The number of esters is 2. The first kappa shape index (κ1) is 92.7. The third-order valence-corrected chi connectivity index (χ3v) is 18.8. The summed E-state index contributed by atoms with van der Waals surface area (Å²) in [5.74, 6) is -0.780. The molecule has 0 rings (SSSR count). The molecule has 0 aromatic carbocycles.